The molecule has 1 radical (unpaired) electrons. The number of hydrogen-bond donors (Lipinski definition) is 2. The minimum atomic E-state index is 0.619. The van der Waals surface area contributed by atoms with Crippen LogP contribution >= 0.6 is 0 Å². The monoisotopic (exact) mass is 123 g/mol. The molecular weight excluding hydrogens is 116 g/mol. The van der Waals surface area contributed by atoms with Gasteiger partial charge in [-0.2, -0.15) is 0 Å². The van der Waals surface area contributed by atoms with Crippen molar-refractivity contribution in [2.24, 2.45) is 11.5 Å². The van der Waals surface area contributed by atoms with E-state index in [1.165, 1.54) is 0 Å². The van der Waals surface area contributed by atoms with Gasteiger partial charge < -0.3 is 11.5 Å². The lowest BCUT2D eigenvalue weighted by molar-refractivity contribution is 1.43. The molecule has 1 rings (SSSR count). The molecule has 0 aromatic carbocycles. The van der Waals surface area contributed by atoms with Crippen LogP contribution in [-0.2, 0) is 0 Å². The zero-order valence-electron chi connectivity index (χ0n) is 4.39. The first kappa shape index (κ1) is 5.31. The van der Waals surface area contributed by atoms with E-state index < -0.39 is 0 Å². The fourth-order valence-electron chi connectivity index (χ4n) is 0.503. The molecule has 0 spiro atoms. The van der Waals surface area contributed by atoms with Gasteiger partial charge in [-0.05, 0) is 12.2 Å². The molecule has 0 aliphatic carbocycles. The first-order chi connectivity index (χ1) is 3.79. The topological polar surface area (TPSA) is 52.0 Å². The lowest BCUT2D eigenvalue weighted by atomic mass is 10.4. The molecular formula is C5H7N2Si. The van der Waals surface area contributed by atoms with Gasteiger partial charge in [0.05, 0.1) is 9.13 Å². The van der Waals surface area contributed by atoms with Gasteiger partial charge in [0.1, 0.15) is 0 Å². The maximum absolute atomic E-state index is 5.45. The van der Waals surface area contributed by atoms with Crippen LogP contribution in [-0.4, -0.2) is 14.4 Å². The average Bonchev–Trinajstić information content (AvgIpc) is 1.64. The second kappa shape index (κ2) is 1.96. The van der Waals surface area contributed by atoms with Gasteiger partial charge in [-0.15, -0.1) is 0 Å². The van der Waals surface area contributed by atoms with Crippen LogP contribution in [0.3, 0.4) is 0 Å². The summed E-state index contributed by atoms with van der Waals surface area (Å²) >= 11 is 0. The van der Waals surface area contributed by atoms with Crippen molar-refractivity contribution in [1.29, 1.82) is 0 Å². The van der Waals surface area contributed by atoms with Gasteiger partial charge in [-0.3, -0.25) is 0 Å². The molecule has 3 heteroatoms. The van der Waals surface area contributed by atoms with Crippen molar-refractivity contribution in [3.63, 3.8) is 0 Å². The smallest absolute Gasteiger partial charge is 0.0821 e. The van der Waals surface area contributed by atoms with Crippen LogP contribution in [0.4, 0.5) is 0 Å². The Kier molecular flexibility index (Phi) is 1.30. The van der Waals surface area contributed by atoms with Crippen molar-refractivity contribution in [3.05, 3.63) is 23.5 Å². The zero-order valence-corrected chi connectivity index (χ0v) is 5.39. The van der Waals surface area contributed by atoms with E-state index in [4.69, 9.17) is 11.5 Å². The van der Waals surface area contributed by atoms with E-state index in [1.807, 2.05) is 11.8 Å². The Hall–Kier alpha value is -0.833. The van der Waals surface area contributed by atoms with Gasteiger partial charge in [0, 0.05) is 11.0 Å². The highest BCUT2D eigenvalue weighted by Crippen LogP contribution is 1.88. The van der Waals surface area contributed by atoms with Crippen LogP contribution in [0.25, 0.3) is 0 Å². The summed E-state index contributed by atoms with van der Waals surface area (Å²) in [5.74, 6) is 0. The molecule has 0 aromatic heterocycles. The predicted octanol–water partition coefficient (Wildman–Crippen LogP) is -0.851. The first-order valence-corrected chi connectivity index (χ1v) is 3.39. The highest BCUT2D eigenvalue weighted by molar-refractivity contribution is 6.60. The standard InChI is InChI=1S/C5H7N2Si/c6-4-1-2-8-5(7)3-4/h1-3H,6-7H2. The van der Waals surface area contributed by atoms with Gasteiger partial charge in [0.15, 0.2) is 0 Å². The highest BCUT2D eigenvalue weighted by Gasteiger charge is 1.88. The second-order valence-electron chi connectivity index (χ2n) is 1.58. The van der Waals surface area contributed by atoms with Crippen molar-refractivity contribution in [2.75, 3.05) is 0 Å². The largest absolute Gasteiger partial charge is 0.403 e. The SMILES string of the molecule is NC1=CC(N)=[Si]C=C1. The molecule has 0 fully saturated rings. The molecule has 0 saturated heterocycles. The van der Waals surface area contributed by atoms with E-state index in [0.717, 1.165) is 11.0 Å². The van der Waals surface area contributed by atoms with Crippen molar-refractivity contribution in [3.8, 4) is 0 Å². The maximum Gasteiger partial charge on any atom is 0.0821 e. The summed E-state index contributed by atoms with van der Waals surface area (Å²) in [6.45, 7) is 0. The van der Waals surface area contributed by atoms with Crippen LogP contribution < -0.4 is 11.5 Å². The van der Waals surface area contributed by atoms with Crippen LogP contribution in [0.1, 0.15) is 0 Å². The Balaban J connectivity index is 2.89. The Labute approximate surface area is 50.3 Å². The summed E-state index contributed by atoms with van der Waals surface area (Å²) in [4.78, 5) is 0. The van der Waals surface area contributed by atoms with Crippen molar-refractivity contribution in [1.82, 2.24) is 0 Å². The predicted molar refractivity (Wildman–Crippen MR) is 36.4 cm³/mol. The van der Waals surface area contributed by atoms with Gasteiger partial charge in [-0.1, -0.05) is 5.70 Å². The fourth-order valence-corrected chi connectivity index (χ4v) is 1.22. The molecule has 0 saturated carbocycles. The minimum Gasteiger partial charge on any atom is -0.403 e. The Morgan fingerprint density at radius 1 is 1.38 bits per heavy atom. The Morgan fingerprint density at radius 3 is 2.50 bits per heavy atom. The van der Waals surface area contributed by atoms with Crippen LogP contribution in [0.2, 0.25) is 0 Å². The number of hydrogen-bond acceptors (Lipinski definition) is 2. The van der Waals surface area contributed by atoms with Crippen molar-refractivity contribution < 1.29 is 0 Å². The molecule has 1 aliphatic heterocycles. The summed E-state index contributed by atoms with van der Waals surface area (Å²) in [5, 5.41) is 0.866. The number of rotatable bonds is 0. The Morgan fingerprint density at radius 2 is 2.12 bits per heavy atom. The van der Waals surface area contributed by atoms with E-state index in [1.54, 1.807) is 6.08 Å². The van der Waals surface area contributed by atoms with Gasteiger partial charge in [0.2, 0.25) is 0 Å². The molecule has 0 aromatic rings. The molecule has 2 nitrogen and oxygen atoms in total. The molecule has 4 N–H and O–H groups in total. The quantitative estimate of drug-likeness (QED) is 0.412. The Bertz CT molecular complexity index is 176. The lowest BCUT2D eigenvalue weighted by Crippen LogP contribution is -2.16. The van der Waals surface area contributed by atoms with E-state index in [2.05, 4.69) is 0 Å². The molecule has 1 heterocycles. The third-order valence-corrected chi connectivity index (χ3v) is 1.66. The average molecular weight is 123 g/mol. The first-order valence-electron chi connectivity index (χ1n) is 2.32. The molecule has 1 aliphatic rings. The summed E-state index contributed by atoms with van der Waals surface area (Å²) in [6, 6.07) is 0. The summed E-state index contributed by atoms with van der Waals surface area (Å²) in [7, 11) is 0.619. The normalized spacial score (nSPS) is 17.5. The van der Waals surface area contributed by atoms with Gasteiger partial charge in [0.25, 0.3) is 0 Å². The number of nitrogens with two attached hydrogens (primary N) is 2. The van der Waals surface area contributed by atoms with Crippen LogP contribution in [0, 0.1) is 0 Å². The van der Waals surface area contributed by atoms with E-state index in [9.17, 15) is 0 Å². The summed E-state index contributed by atoms with van der Waals surface area (Å²) in [6.07, 6.45) is 3.66. The fraction of sp³-hybridized carbons (Fsp3) is 0. The van der Waals surface area contributed by atoms with E-state index >= 15 is 0 Å². The number of allylic oxidation sites excluding steroid dienone is 1. The highest BCUT2D eigenvalue weighted by atomic mass is 28.2. The molecule has 8 heavy (non-hydrogen) atoms. The maximum atomic E-state index is 5.45. The third-order valence-electron chi connectivity index (χ3n) is 0.848. The molecule has 41 valence electrons. The molecule has 0 bridgehead atoms. The van der Waals surface area contributed by atoms with Gasteiger partial charge in [-0.25, -0.2) is 0 Å². The zero-order chi connectivity index (χ0) is 5.98. The van der Waals surface area contributed by atoms with Gasteiger partial charge >= 0.3 is 0 Å². The molecule has 0 atom stereocenters. The van der Waals surface area contributed by atoms with Crippen molar-refractivity contribution in [2.45, 2.75) is 0 Å². The minimum absolute atomic E-state index is 0.619. The third kappa shape index (κ3) is 1.07. The van der Waals surface area contributed by atoms with Crippen LogP contribution in [0.5, 0.6) is 0 Å². The van der Waals surface area contributed by atoms with E-state index in [-0.39, 0.29) is 0 Å². The summed E-state index contributed by atoms with van der Waals surface area (Å²) < 4.78 is 0. The second-order valence-corrected chi connectivity index (χ2v) is 2.78. The van der Waals surface area contributed by atoms with E-state index in [0.29, 0.717) is 9.13 Å². The van der Waals surface area contributed by atoms with Crippen LogP contribution in [0.15, 0.2) is 23.5 Å². The summed E-state index contributed by atoms with van der Waals surface area (Å²) in [5.41, 5.74) is 13.6. The molecule has 0 unspecified atom stereocenters. The molecule has 0 amide bonds. The van der Waals surface area contributed by atoms with Crippen molar-refractivity contribution >= 4 is 14.4 Å². The lowest BCUT2D eigenvalue weighted by Gasteiger charge is -1.97.